The Morgan fingerprint density at radius 1 is 1.25 bits per heavy atom. The van der Waals surface area contributed by atoms with Gasteiger partial charge in [0.1, 0.15) is 18.0 Å². The lowest BCUT2D eigenvalue weighted by molar-refractivity contribution is -0.122. The monoisotopic (exact) mass is 458 g/mol. The van der Waals surface area contributed by atoms with Gasteiger partial charge in [0.15, 0.2) is 5.82 Å². The first-order chi connectivity index (χ1) is 15.5. The van der Waals surface area contributed by atoms with Crippen LogP contribution in [0.3, 0.4) is 0 Å². The summed E-state index contributed by atoms with van der Waals surface area (Å²) in [6, 6.07) is 0.262. The molecule has 2 N–H and O–H groups in total. The Bertz CT molecular complexity index is 1130. The summed E-state index contributed by atoms with van der Waals surface area (Å²) in [5.41, 5.74) is 1.25. The van der Waals surface area contributed by atoms with Crippen molar-refractivity contribution in [2.75, 3.05) is 19.5 Å². The van der Waals surface area contributed by atoms with E-state index in [0.717, 1.165) is 31.2 Å². The maximum atomic E-state index is 12.9. The van der Waals surface area contributed by atoms with E-state index in [2.05, 4.69) is 25.7 Å². The van der Waals surface area contributed by atoms with Crippen molar-refractivity contribution in [3.8, 4) is 5.88 Å². The van der Waals surface area contributed by atoms with Crippen LogP contribution in [0, 0.1) is 6.92 Å². The molecular weight excluding hydrogens is 432 g/mol. The third-order valence-electron chi connectivity index (χ3n) is 5.39. The molecule has 0 aromatic carbocycles. The van der Waals surface area contributed by atoms with E-state index in [1.54, 1.807) is 13.3 Å². The second-order valence-electron chi connectivity index (χ2n) is 7.75. The van der Waals surface area contributed by atoms with E-state index < -0.39 is 0 Å². The van der Waals surface area contributed by atoms with Crippen molar-refractivity contribution in [2.24, 2.45) is 0 Å². The van der Waals surface area contributed by atoms with Crippen molar-refractivity contribution in [1.29, 1.82) is 0 Å². The molecule has 0 aliphatic heterocycles. The largest absolute Gasteiger partial charge is 0.480 e. The van der Waals surface area contributed by atoms with Crippen LogP contribution in [0.25, 0.3) is 10.2 Å². The zero-order valence-corrected chi connectivity index (χ0v) is 19.1. The third kappa shape index (κ3) is 4.73. The quantitative estimate of drug-likeness (QED) is 0.532. The molecular formula is C21H26N6O4S. The summed E-state index contributed by atoms with van der Waals surface area (Å²) in [7, 11) is 3.10. The fourth-order valence-corrected chi connectivity index (χ4v) is 4.98. The van der Waals surface area contributed by atoms with Gasteiger partial charge in [0.05, 0.1) is 29.3 Å². The van der Waals surface area contributed by atoms with Gasteiger partial charge in [-0.15, -0.1) is 11.3 Å². The highest BCUT2D eigenvalue weighted by Gasteiger charge is 2.22. The standard InChI is InChI=1S/C21H26N6O4S/c1-12-17-20(31-3)25-15(11-30-2)26-21(17)32-18(12)19(29)24-14-8-22-27(9-14)10-16(28)23-13-6-4-5-7-13/h8-9,13H,4-7,10-11H2,1-3H3,(H,23,28)(H,24,29). The summed E-state index contributed by atoms with van der Waals surface area (Å²) in [6.45, 7) is 2.20. The number of aryl methyl sites for hydroxylation is 1. The molecule has 1 saturated carbocycles. The highest BCUT2D eigenvalue weighted by Crippen LogP contribution is 2.35. The zero-order valence-electron chi connectivity index (χ0n) is 18.3. The first kappa shape index (κ1) is 22.2. The molecule has 10 nitrogen and oxygen atoms in total. The molecule has 1 fully saturated rings. The number of fused-ring (bicyclic) bond motifs is 1. The normalized spacial score (nSPS) is 14.1. The predicted molar refractivity (Wildman–Crippen MR) is 120 cm³/mol. The SMILES string of the molecule is COCc1nc(OC)c2c(C)c(C(=O)Nc3cnn(CC(=O)NC4CCCC4)c3)sc2n1. The van der Waals surface area contributed by atoms with Crippen LogP contribution in [0.2, 0.25) is 0 Å². The third-order valence-corrected chi connectivity index (χ3v) is 6.58. The van der Waals surface area contributed by atoms with E-state index in [1.165, 1.54) is 29.3 Å². The molecule has 1 aliphatic carbocycles. The molecule has 32 heavy (non-hydrogen) atoms. The summed E-state index contributed by atoms with van der Waals surface area (Å²) in [5.74, 6) is 0.546. The van der Waals surface area contributed by atoms with Gasteiger partial charge in [-0.25, -0.2) is 4.98 Å². The maximum Gasteiger partial charge on any atom is 0.266 e. The number of ether oxygens (including phenoxy) is 2. The number of amides is 2. The van der Waals surface area contributed by atoms with Gasteiger partial charge in [0.25, 0.3) is 5.91 Å². The second kappa shape index (κ2) is 9.61. The Morgan fingerprint density at radius 2 is 2.03 bits per heavy atom. The Hall–Kier alpha value is -3.05. The van der Waals surface area contributed by atoms with E-state index in [-0.39, 0.29) is 31.0 Å². The van der Waals surface area contributed by atoms with E-state index in [1.807, 2.05) is 6.92 Å². The van der Waals surface area contributed by atoms with Gasteiger partial charge in [-0.3, -0.25) is 14.3 Å². The van der Waals surface area contributed by atoms with Gasteiger partial charge < -0.3 is 20.1 Å². The molecule has 3 heterocycles. The van der Waals surface area contributed by atoms with Crippen LogP contribution in [0.1, 0.15) is 46.7 Å². The van der Waals surface area contributed by atoms with Crippen molar-refractivity contribution in [3.63, 3.8) is 0 Å². The average molecular weight is 459 g/mol. The summed E-state index contributed by atoms with van der Waals surface area (Å²) >= 11 is 1.27. The number of anilines is 1. The van der Waals surface area contributed by atoms with Gasteiger partial charge in [-0.05, 0) is 25.3 Å². The Balaban J connectivity index is 1.47. The molecule has 4 rings (SSSR count). The molecule has 1 aliphatic rings. The van der Waals surface area contributed by atoms with Crippen molar-refractivity contribution >= 4 is 39.1 Å². The maximum absolute atomic E-state index is 12.9. The summed E-state index contributed by atoms with van der Waals surface area (Å²) in [5, 5.41) is 10.8. The van der Waals surface area contributed by atoms with Gasteiger partial charge in [0, 0.05) is 19.3 Å². The Morgan fingerprint density at radius 3 is 2.75 bits per heavy atom. The predicted octanol–water partition coefficient (Wildman–Crippen LogP) is 2.66. The summed E-state index contributed by atoms with van der Waals surface area (Å²) in [6.07, 6.45) is 7.55. The molecule has 3 aromatic heterocycles. The smallest absolute Gasteiger partial charge is 0.266 e. The van der Waals surface area contributed by atoms with Crippen molar-refractivity contribution in [1.82, 2.24) is 25.1 Å². The molecule has 0 bridgehead atoms. The van der Waals surface area contributed by atoms with Crippen LogP contribution in [-0.2, 0) is 22.7 Å². The molecule has 0 saturated heterocycles. The number of methoxy groups -OCH3 is 2. The van der Waals surface area contributed by atoms with Gasteiger partial charge >= 0.3 is 0 Å². The lowest BCUT2D eigenvalue weighted by Crippen LogP contribution is -2.35. The summed E-state index contributed by atoms with van der Waals surface area (Å²) < 4.78 is 12.0. The number of carbonyl (C=O) groups is 2. The van der Waals surface area contributed by atoms with Crippen LogP contribution >= 0.6 is 11.3 Å². The number of hydrogen-bond donors (Lipinski definition) is 2. The minimum atomic E-state index is -0.282. The number of rotatable bonds is 8. The molecule has 0 spiro atoms. The van der Waals surface area contributed by atoms with E-state index >= 15 is 0 Å². The Kier molecular flexibility index (Phi) is 6.66. The lowest BCUT2D eigenvalue weighted by atomic mass is 10.2. The molecule has 0 unspecified atom stereocenters. The van der Waals surface area contributed by atoms with Crippen molar-refractivity contribution in [2.45, 2.75) is 51.8 Å². The van der Waals surface area contributed by atoms with Gasteiger partial charge in [0.2, 0.25) is 11.8 Å². The molecule has 0 atom stereocenters. The highest BCUT2D eigenvalue weighted by molar-refractivity contribution is 7.20. The molecule has 3 aromatic rings. The topological polar surface area (TPSA) is 120 Å². The van der Waals surface area contributed by atoms with Crippen LogP contribution in [0.4, 0.5) is 5.69 Å². The van der Waals surface area contributed by atoms with Gasteiger partial charge in [-0.1, -0.05) is 12.8 Å². The molecule has 11 heteroatoms. The zero-order chi connectivity index (χ0) is 22.7. The number of hydrogen-bond acceptors (Lipinski definition) is 8. The van der Waals surface area contributed by atoms with E-state index in [4.69, 9.17) is 9.47 Å². The molecule has 170 valence electrons. The highest BCUT2D eigenvalue weighted by atomic mass is 32.1. The fraction of sp³-hybridized carbons (Fsp3) is 0.476. The first-order valence-corrected chi connectivity index (χ1v) is 11.3. The lowest BCUT2D eigenvalue weighted by Gasteiger charge is -2.11. The first-order valence-electron chi connectivity index (χ1n) is 10.4. The van der Waals surface area contributed by atoms with Crippen LogP contribution in [-0.4, -0.2) is 51.8 Å². The molecule has 0 radical (unpaired) electrons. The van der Waals surface area contributed by atoms with Crippen molar-refractivity contribution in [3.05, 3.63) is 28.7 Å². The number of thiophene rings is 1. The minimum absolute atomic E-state index is 0.0734. The number of carbonyl (C=O) groups excluding carboxylic acids is 2. The fourth-order valence-electron chi connectivity index (χ4n) is 3.90. The number of nitrogens with one attached hydrogen (secondary N) is 2. The summed E-state index contributed by atoms with van der Waals surface area (Å²) in [4.78, 5) is 35.2. The van der Waals surface area contributed by atoms with Crippen LogP contribution in [0.5, 0.6) is 5.88 Å². The second-order valence-corrected chi connectivity index (χ2v) is 8.75. The van der Waals surface area contributed by atoms with Crippen molar-refractivity contribution < 1.29 is 19.1 Å². The van der Waals surface area contributed by atoms with E-state index in [0.29, 0.717) is 32.5 Å². The number of nitrogens with zero attached hydrogens (tertiary/aromatic N) is 4. The van der Waals surface area contributed by atoms with Crippen LogP contribution in [0.15, 0.2) is 12.4 Å². The molecule has 2 amide bonds. The van der Waals surface area contributed by atoms with E-state index in [9.17, 15) is 9.59 Å². The average Bonchev–Trinajstić information content (AvgIpc) is 3.49. The number of aromatic nitrogens is 4. The van der Waals surface area contributed by atoms with Gasteiger partial charge in [-0.2, -0.15) is 10.1 Å². The Labute approximate surface area is 189 Å². The van der Waals surface area contributed by atoms with Crippen LogP contribution < -0.4 is 15.4 Å². The minimum Gasteiger partial charge on any atom is -0.480 e.